The number of nitrogens with zero attached hydrogens (tertiary/aromatic N) is 1. The van der Waals surface area contributed by atoms with Crippen molar-refractivity contribution in [2.24, 2.45) is 0 Å². The van der Waals surface area contributed by atoms with Crippen LogP contribution in [0, 0.1) is 6.92 Å². The summed E-state index contributed by atoms with van der Waals surface area (Å²) in [7, 11) is 0. The predicted molar refractivity (Wildman–Crippen MR) is 53.7 cm³/mol. The highest BCUT2D eigenvalue weighted by Gasteiger charge is 2.06. The molecule has 0 aromatic carbocycles. The van der Waals surface area contributed by atoms with E-state index in [2.05, 4.69) is 37.8 Å². The average Bonchev–Trinajstić information content (AvgIpc) is 2.47. The standard InChI is InChI=1S/C8H10BrN3O/c1-5(9)3-11-8(13)7-4-10-6(2)12-7/h4H,1,3H2,2H3,(H,10,12)(H,11,13). The van der Waals surface area contributed by atoms with Crippen LogP contribution >= 0.6 is 15.9 Å². The van der Waals surface area contributed by atoms with Crippen molar-refractivity contribution in [2.75, 3.05) is 6.54 Å². The van der Waals surface area contributed by atoms with Crippen molar-refractivity contribution in [3.05, 3.63) is 28.8 Å². The minimum absolute atomic E-state index is 0.179. The molecule has 2 N–H and O–H groups in total. The molecule has 13 heavy (non-hydrogen) atoms. The Bertz CT molecular complexity index is 332. The van der Waals surface area contributed by atoms with Gasteiger partial charge in [-0.25, -0.2) is 4.98 Å². The summed E-state index contributed by atoms with van der Waals surface area (Å²) in [6, 6.07) is 0. The third kappa shape index (κ3) is 3.02. The van der Waals surface area contributed by atoms with Crippen molar-refractivity contribution in [2.45, 2.75) is 6.92 Å². The molecule has 0 unspecified atom stereocenters. The van der Waals surface area contributed by atoms with Crippen LogP contribution in [0.5, 0.6) is 0 Å². The maximum atomic E-state index is 11.3. The normalized spacial score (nSPS) is 9.69. The topological polar surface area (TPSA) is 57.8 Å². The number of aryl methyl sites for hydroxylation is 1. The van der Waals surface area contributed by atoms with E-state index in [1.54, 1.807) is 6.92 Å². The van der Waals surface area contributed by atoms with Crippen molar-refractivity contribution in [1.82, 2.24) is 15.3 Å². The zero-order valence-electron chi connectivity index (χ0n) is 7.22. The first kappa shape index (κ1) is 9.98. The van der Waals surface area contributed by atoms with E-state index in [0.717, 1.165) is 10.3 Å². The van der Waals surface area contributed by atoms with Gasteiger partial charge in [0.05, 0.1) is 6.20 Å². The van der Waals surface area contributed by atoms with Crippen molar-refractivity contribution in [3.63, 3.8) is 0 Å². The molecule has 0 spiro atoms. The van der Waals surface area contributed by atoms with E-state index >= 15 is 0 Å². The maximum Gasteiger partial charge on any atom is 0.269 e. The molecule has 70 valence electrons. The van der Waals surface area contributed by atoms with Gasteiger partial charge in [-0.2, -0.15) is 0 Å². The number of amides is 1. The smallest absolute Gasteiger partial charge is 0.269 e. The zero-order chi connectivity index (χ0) is 9.84. The minimum atomic E-state index is -0.179. The van der Waals surface area contributed by atoms with Gasteiger partial charge >= 0.3 is 0 Å². The van der Waals surface area contributed by atoms with Crippen molar-refractivity contribution in [3.8, 4) is 0 Å². The summed E-state index contributed by atoms with van der Waals surface area (Å²) in [6.07, 6.45) is 1.50. The second kappa shape index (κ2) is 4.23. The molecule has 0 atom stereocenters. The van der Waals surface area contributed by atoms with Gasteiger partial charge in [-0.1, -0.05) is 22.5 Å². The van der Waals surface area contributed by atoms with Crippen LogP contribution in [-0.2, 0) is 0 Å². The molecule has 1 aromatic rings. The van der Waals surface area contributed by atoms with Crippen LogP contribution < -0.4 is 5.32 Å². The van der Waals surface area contributed by atoms with Crippen molar-refractivity contribution < 1.29 is 4.79 Å². The Kier molecular flexibility index (Phi) is 3.25. The molecule has 0 saturated heterocycles. The lowest BCUT2D eigenvalue weighted by molar-refractivity contribution is 0.0953. The van der Waals surface area contributed by atoms with Gasteiger partial charge in [0.1, 0.15) is 11.5 Å². The molecule has 1 aromatic heterocycles. The molecule has 1 rings (SSSR count). The van der Waals surface area contributed by atoms with E-state index in [-0.39, 0.29) is 5.91 Å². The number of hydrogen-bond acceptors (Lipinski definition) is 2. The maximum absolute atomic E-state index is 11.3. The molecular weight excluding hydrogens is 234 g/mol. The summed E-state index contributed by atoms with van der Waals surface area (Å²) >= 11 is 3.15. The van der Waals surface area contributed by atoms with E-state index in [9.17, 15) is 4.79 Å². The van der Waals surface area contributed by atoms with E-state index in [4.69, 9.17) is 0 Å². The summed E-state index contributed by atoms with van der Waals surface area (Å²) in [5.74, 6) is 0.545. The first-order valence-corrected chi connectivity index (χ1v) is 4.52. The van der Waals surface area contributed by atoms with Gasteiger partial charge in [-0.05, 0) is 6.92 Å². The molecule has 0 bridgehead atoms. The highest BCUT2D eigenvalue weighted by molar-refractivity contribution is 9.11. The van der Waals surface area contributed by atoms with Crippen LogP contribution in [0.15, 0.2) is 17.3 Å². The molecule has 0 fully saturated rings. The number of carbonyl (C=O) groups is 1. The third-order valence-electron chi connectivity index (χ3n) is 1.39. The van der Waals surface area contributed by atoms with Crippen LogP contribution in [0.1, 0.15) is 16.3 Å². The van der Waals surface area contributed by atoms with Gasteiger partial charge in [0.2, 0.25) is 0 Å². The summed E-state index contributed by atoms with van der Waals surface area (Å²) in [6.45, 7) is 5.81. The van der Waals surface area contributed by atoms with Gasteiger partial charge in [0.15, 0.2) is 0 Å². The molecule has 0 aliphatic heterocycles. The molecule has 0 aliphatic rings. The number of aromatic amines is 1. The molecule has 0 radical (unpaired) electrons. The highest BCUT2D eigenvalue weighted by Crippen LogP contribution is 1.99. The van der Waals surface area contributed by atoms with E-state index < -0.39 is 0 Å². The summed E-state index contributed by atoms with van der Waals surface area (Å²) in [5.41, 5.74) is 0.464. The Morgan fingerprint density at radius 2 is 2.54 bits per heavy atom. The van der Waals surface area contributed by atoms with Crippen LogP contribution in [0.25, 0.3) is 0 Å². The fourth-order valence-corrected chi connectivity index (χ4v) is 0.948. The summed E-state index contributed by atoms with van der Waals surface area (Å²) in [5, 5.41) is 2.66. The lowest BCUT2D eigenvalue weighted by Crippen LogP contribution is -2.24. The molecule has 0 saturated carbocycles. The Morgan fingerprint density at radius 1 is 1.85 bits per heavy atom. The van der Waals surface area contributed by atoms with Crippen molar-refractivity contribution in [1.29, 1.82) is 0 Å². The third-order valence-corrected chi connectivity index (χ3v) is 1.67. The lowest BCUT2D eigenvalue weighted by atomic mass is 10.4. The Labute approximate surface area is 84.6 Å². The van der Waals surface area contributed by atoms with Crippen LogP contribution in [0.2, 0.25) is 0 Å². The Balaban J connectivity index is 2.54. The van der Waals surface area contributed by atoms with Gasteiger partial charge in [0.25, 0.3) is 5.91 Å². The summed E-state index contributed by atoms with van der Waals surface area (Å²) in [4.78, 5) is 18.1. The molecule has 1 amide bonds. The quantitative estimate of drug-likeness (QED) is 0.843. The SMILES string of the molecule is C=C(Br)CNC(=O)c1cnc(C)[nH]1. The molecular formula is C8H10BrN3O. The Morgan fingerprint density at radius 3 is 3.00 bits per heavy atom. The lowest BCUT2D eigenvalue weighted by Gasteiger charge is -2.00. The van der Waals surface area contributed by atoms with Gasteiger partial charge in [-0.15, -0.1) is 0 Å². The highest BCUT2D eigenvalue weighted by atomic mass is 79.9. The monoisotopic (exact) mass is 243 g/mol. The number of H-pyrrole nitrogens is 1. The first-order valence-electron chi connectivity index (χ1n) is 3.72. The molecule has 5 heteroatoms. The van der Waals surface area contributed by atoms with Crippen LogP contribution in [0.4, 0.5) is 0 Å². The van der Waals surface area contributed by atoms with Crippen molar-refractivity contribution >= 4 is 21.8 Å². The second-order valence-electron chi connectivity index (χ2n) is 2.58. The number of aromatic nitrogens is 2. The van der Waals surface area contributed by atoms with Gasteiger partial charge in [0, 0.05) is 11.0 Å². The minimum Gasteiger partial charge on any atom is -0.346 e. The number of carbonyl (C=O) groups excluding carboxylic acids is 1. The van der Waals surface area contributed by atoms with Gasteiger partial charge in [-0.3, -0.25) is 4.79 Å². The molecule has 1 heterocycles. The number of hydrogen-bond donors (Lipinski definition) is 2. The second-order valence-corrected chi connectivity index (χ2v) is 3.70. The van der Waals surface area contributed by atoms with Crippen LogP contribution in [-0.4, -0.2) is 22.4 Å². The first-order chi connectivity index (χ1) is 6.09. The van der Waals surface area contributed by atoms with E-state index in [1.165, 1.54) is 6.20 Å². The number of halogens is 1. The van der Waals surface area contributed by atoms with Crippen LogP contribution in [0.3, 0.4) is 0 Å². The predicted octanol–water partition coefficient (Wildman–Crippen LogP) is 1.36. The van der Waals surface area contributed by atoms with E-state index in [0.29, 0.717) is 12.2 Å². The zero-order valence-corrected chi connectivity index (χ0v) is 8.81. The largest absolute Gasteiger partial charge is 0.346 e. The van der Waals surface area contributed by atoms with Gasteiger partial charge < -0.3 is 10.3 Å². The molecule has 4 nitrogen and oxygen atoms in total. The fraction of sp³-hybridized carbons (Fsp3) is 0.250. The number of rotatable bonds is 3. The Hall–Kier alpha value is -1.10. The fourth-order valence-electron chi connectivity index (χ4n) is 0.808. The summed E-state index contributed by atoms with van der Waals surface area (Å²) < 4.78 is 0.733. The average molecular weight is 244 g/mol. The number of imidazole rings is 1. The number of nitrogens with one attached hydrogen (secondary N) is 2. The van der Waals surface area contributed by atoms with E-state index in [1.807, 2.05) is 0 Å². The molecule has 0 aliphatic carbocycles.